The summed E-state index contributed by atoms with van der Waals surface area (Å²) < 4.78 is 15.9. The van der Waals surface area contributed by atoms with Crippen LogP contribution in [0.2, 0.25) is 0 Å². The van der Waals surface area contributed by atoms with Crippen LogP contribution in [-0.2, 0) is 23.9 Å². The van der Waals surface area contributed by atoms with Crippen molar-refractivity contribution in [3.05, 3.63) is 70.3 Å². The maximum atomic E-state index is 13.0. The fourth-order valence-corrected chi connectivity index (χ4v) is 7.94. The largest absolute Gasteiger partial charge is 0.465 e. The molecule has 2 amide bonds. The lowest BCUT2D eigenvalue weighted by Crippen LogP contribution is -2.41. The molecule has 1 heterocycles. The molecule has 47 heavy (non-hydrogen) atoms. The van der Waals surface area contributed by atoms with Gasteiger partial charge < -0.3 is 19.3 Å². The first-order valence-corrected chi connectivity index (χ1v) is 18.0. The zero-order valence-corrected chi connectivity index (χ0v) is 28.9. The van der Waals surface area contributed by atoms with Gasteiger partial charge in [-0.25, -0.2) is 4.63 Å². The number of rotatable bonds is 16. The number of carbonyl (C=O) groups excluding carboxylic acids is 4. The monoisotopic (exact) mass is 682 g/mol. The third kappa shape index (κ3) is 10.6. The van der Waals surface area contributed by atoms with E-state index >= 15 is 0 Å². The van der Waals surface area contributed by atoms with Crippen molar-refractivity contribution in [3.63, 3.8) is 0 Å². The van der Waals surface area contributed by atoms with E-state index in [9.17, 15) is 19.2 Å². The second-order valence-electron chi connectivity index (χ2n) is 11.6. The average Bonchev–Trinajstić information content (AvgIpc) is 3.57. The standard InChI is InChI=1S/C34H42N4O7S2/c1-23(37(3)22-39)31(47-46-24(2)25-9-6-5-7-10-25)19-20-43-32(40)11-8-12-33(41)44-28-16-14-27(15-17-28)38(4)34(42)26-13-18-29-30(21-26)36-45-35-29/h5-7,9-10,13,18,21-22,24,27-28H,8,11-12,14-17,19-20H2,1-4H3/b31-23-/t24?,27-,28-. The molecule has 1 atom stereocenters. The molecule has 1 unspecified atom stereocenters. The minimum atomic E-state index is -0.374. The van der Waals surface area contributed by atoms with Gasteiger partial charge in [0.25, 0.3) is 5.91 Å². The van der Waals surface area contributed by atoms with E-state index in [0.29, 0.717) is 42.3 Å². The number of nitrogens with zero attached hydrogens (tertiary/aromatic N) is 4. The SMILES string of the molecule is C/C(=C(\CCOC(=O)CCCC(=O)O[C@H]1CC[C@H](N(C)C(=O)c2ccc3nonc3c2)CC1)SSC(C)c1ccccc1)N(C)C=O. The van der Waals surface area contributed by atoms with Crippen LogP contribution in [0.15, 0.2) is 63.8 Å². The first kappa shape index (κ1) is 36.0. The van der Waals surface area contributed by atoms with Crippen LogP contribution in [0.5, 0.6) is 0 Å². The van der Waals surface area contributed by atoms with Gasteiger partial charge in [0, 0.05) is 60.8 Å². The van der Waals surface area contributed by atoms with Crippen LogP contribution < -0.4 is 0 Å². The molecule has 0 radical (unpaired) electrons. The van der Waals surface area contributed by atoms with Gasteiger partial charge in [0.1, 0.15) is 17.1 Å². The third-order valence-electron chi connectivity index (χ3n) is 8.32. The maximum Gasteiger partial charge on any atom is 0.306 e. The summed E-state index contributed by atoms with van der Waals surface area (Å²) in [5, 5.41) is 7.82. The lowest BCUT2D eigenvalue weighted by Gasteiger charge is -2.34. The van der Waals surface area contributed by atoms with Crippen LogP contribution in [-0.4, -0.2) is 77.2 Å². The van der Waals surface area contributed by atoms with Gasteiger partial charge in [0.2, 0.25) is 6.41 Å². The highest BCUT2D eigenvalue weighted by atomic mass is 33.1. The average molecular weight is 683 g/mol. The third-order valence-corrected chi connectivity index (χ3v) is 11.4. The Morgan fingerprint density at radius 3 is 2.40 bits per heavy atom. The number of amides is 2. The normalized spacial score (nSPS) is 17.4. The van der Waals surface area contributed by atoms with Crippen LogP contribution in [0, 0.1) is 0 Å². The van der Waals surface area contributed by atoms with Gasteiger partial charge in [-0.3, -0.25) is 19.2 Å². The summed E-state index contributed by atoms with van der Waals surface area (Å²) in [6.07, 6.45) is 4.40. The van der Waals surface area contributed by atoms with Gasteiger partial charge >= 0.3 is 11.9 Å². The molecule has 11 nitrogen and oxygen atoms in total. The van der Waals surface area contributed by atoms with E-state index in [2.05, 4.69) is 29.4 Å². The maximum absolute atomic E-state index is 13.0. The number of allylic oxidation sites excluding steroid dienone is 1. The lowest BCUT2D eigenvalue weighted by molar-refractivity contribution is -0.151. The Balaban J connectivity index is 1.13. The molecular formula is C34H42N4O7S2. The fourth-order valence-electron chi connectivity index (χ4n) is 5.26. The van der Waals surface area contributed by atoms with Crippen molar-refractivity contribution >= 4 is 56.9 Å². The Morgan fingerprint density at radius 2 is 1.68 bits per heavy atom. The summed E-state index contributed by atoms with van der Waals surface area (Å²) in [5.41, 5.74) is 3.67. The van der Waals surface area contributed by atoms with E-state index in [1.165, 1.54) is 10.5 Å². The molecule has 3 aromatic rings. The van der Waals surface area contributed by atoms with Gasteiger partial charge in [-0.1, -0.05) is 51.9 Å². The highest BCUT2D eigenvalue weighted by Gasteiger charge is 2.29. The first-order chi connectivity index (χ1) is 22.7. The van der Waals surface area contributed by atoms with Crippen LogP contribution in [0.4, 0.5) is 0 Å². The summed E-state index contributed by atoms with van der Waals surface area (Å²) in [6, 6.07) is 15.3. The Kier molecular flexibility index (Phi) is 13.7. The quantitative estimate of drug-likeness (QED) is 0.0907. The van der Waals surface area contributed by atoms with Crippen molar-refractivity contribution < 1.29 is 33.3 Å². The van der Waals surface area contributed by atoms with Crippen molar-refractivity contribution in [2.75, 3.05) is 20.7 Å². The molecule has 252 valence electrons. The molecular weight excluding hydrogens is 641 g/mol. The van der Waals surface area contributed by atoms with Gasteiger partial charge in [-0.15, -0.1) is 0 Å². The Bertz CT molecular complexity index is 1540. The van der Waals surface area contributed by atoms with Gasteiger partial charge in [-0.05, 0) is 80.0 Å². The molecule has 0 bridgehead atoms. The van der Waals surface area contributed by atoms with Gasteiger partial charge in [-0.2, -0.15) is 0 Å². The van der Waals surface area contributed by atoms with Crippen molar-refractivity contribution in [1.82, 2.24) is 20.1 Å². The number of hydrogen-bond acceptors (Lipinski definition) is 11. The topological polar surface area (TPSA) is 132 Å². The molecule has 1 fully saturated rings. The molecule has 1 saturated carbocycles. The molecule has 1 aliphatic carbocycles. The number of carbonyl (C=O) groups is 4. The molecule has 13 heteroatoms. The molecule has 4 rings (SSSR count). The van der Waals surface area contributed by atoms with Crippen LogP contribution in [0.3, 0.4) is 0 Å². The van der Waals surface area contributed by atoms with E-state index in [1.807, 2.05) is 25.1 Å². The smallest absolute Gasteiger partial charge is 0.306 e. The predicted octanol–water partition coefficient (Wildman–Crippen LogP) is 6.72. The second kappa shape index (κ2) is 17.9. The van der Waals surface area contributed by atoms with Gasteiger partial charge in [0.15, 0.2) is 0 Å². The summed E-state index contributed by atoms with van der Waals surface area (Å²) in [6.45, 7) is 4.19. The Morgan fingerprint density at radius 1 is 0.979 bits per heavy atom. The van der Waals surface area contributed by atoms with Crippen LogP contribution in [0.25, 0.3) is 11.0 Å². The zero-order valence-electron chi connectivity index (χ0n) is 27.3. The highest BCUT2D eigenvalue weighted by Crippen LogP contribution is 2.44. The number of benzene rings is 2. The molecule has 0 N–H and O–H groups in total. The van der Waals surface area contributed by atoms with E-state index < -0.39 is 0 Å². The molecule has 0 spiro atoms. The summed E-state index contributed by atoms with van der Waals surface area (Å²) in [7, 11) is 6.76. The van der Waals surface area contributed by atoms with Crippen molar-refractivity contribution in [3.8, 4) is 0 Å². The minimum absolute atomic E-state index is 0.0422. The molecule has 2 aromatic carbocycles. The Labute approximate surface area is 283 Å². The number of esters is 2. The first-order valence-electron chi connectivity index (χ1n) is 15.8. The summed E-state index contributed by atoms with van der Waals surface area (Å²) in [5.74, 6) is -0.812. The number of hydrogen-bond donors (Lipinski definition) is 0. The molecule has 0 aliphatic heterocycles. The van der Waals surface area contributed by atoms with E-state index in [-0.39, 0.29) is 54.7 Å². The summed E-state index contributed by atoms with van der Waals surface area (Å²) >= 11 is 0. The molecule has 1 aromatic heterocycles. The highest BCUT2D eigenvalue weighted by molar-refractivity contribution is 8.78. The van der Waals surface area contributed by atoms with Crippen LogP contribution in [0.1, 0.15) is 86.4 Å². The number of ether oxygens (including phenoxy) is 2. The Hall–Kier alpha value is -3.84. The van der Waals surface area contributed by atoms with Crippen molar-refractivity contribution in [1.29, 1.82) is 0 Å². The number of aromatic nitrogens is 2. The zero-order chi connectivity index (χ0) is 33.8. The van der Waals surface area contributed by atoms with Crippen molar-refractivity contribution in [2.45, 2.75) is 82.6 Å². The summed E-state index contributed by atoms with van der Waals surface area (Å²) in [4.78, 5) is 53.5. The predicted molar refractivity (Wildman–Crippen MR) is 182 cm³/mol. The lowest BCUT2D eigenvalue weighted by atomic mass is 9.91. The number of fused-ring (bicyclic) bond motifs is 1. The van der Waals surface area contributed by atoms with E-state index in [0.717, 1.165) is 29.9 Å². The molecule has 0 saturated heterocycles. The molecule has 1 aliphatic rings. The fraction of sp³-hybridized carbons (Fsp3) is 0.471. The van der Waals surface area contributed by atoms with Crippen LogP contribution >= 0.6 is 21.6 Å². The van der Waals surface area contributed by atoms with E-state index in [1.54, 1.807) is 58.8 Å². The second-order valence-corrected chi connectivity index (χ2v) is 14.2. The minimum Gasteiger partial charge on any atom is -0.465 e. The van der Waals surface area contributed by atoms with Crippen molar-refractivity contribution in [2.24, 2.45) is 0 Å². The van der Waals surface area contributed by atoms with Gasteiger partial charge in [0.05, 0.1) is 6.61 Å². The van der Waals surface area contributed by atoms with E-state index in [4.69, 9.17) is 14.1 Å².